The van der Waals surface area contributed by atoms with Gasteiger partial charge in [0.25, 0.3) is 0 Å². The Hall–Kier alpha value is -0.960. The molecule has 2 aliphatic heterocycles. The standard InChI is InChI=1S/C10H11N3O8S2.Na/c1-20-7(14)4-12-5-2-11-3-6(8(5)22-10(12)16)13(9(11)15)21-23(17,18)19;/h6H,2-4H2,1H3,(H,17,18,19);/q;+1/p-1. The van der Waals surface area contributed by atoms with Gasteiger partial charge in [0.05, 0.1) is 30.8 Å². The summed E-state index contributed by atoms with van der Waals surface area (Å²) in [6.45, 7) is -0.241. The van der Waals surface area contributed by atoms with Gasteiger partial charge in [0, 0.05) is 0 Å². The minimum Gasteiger partial charge on any atom is -0.724 e. The van der Waals surface area contributed by atoms with Gasteiger partial charge in [0.15, 0.2) is 0 Å². The van der Waals surface area contributed by atoms with Crippen LogP contribution in [0.2, 0.25) is 0 Å². The summed E-state index contributed by atoms with van der Waals surface area (Å²) < 4.78 is 42.2. The van der Waals surface area contributed by atoms with Crippen molar-refractivity contribution in [2.45, 2.75) is 19.1 Å². The van der Waals surface area contributed by atoms with E-state index in [0.717, 1.165) is 15.9 Å². The quantitative estimate of drug-likeness (QED) is 0.219. The van der Waals surface area contributed by atoms with Gasteiger partial charge in [-0.25, -0.2) is 13.2 Å². The molecule has 1 unspecified atom stereocenters. The third-order valence-corrected chi connectivity index (χ3v) is 4.96. The Kier molecular flexibility index (Phi) is 5.44. The molecule has 11 nitrogen and oxygen atoms in total. The van der Waals surface area contributed by atoms with E-state index < -0.39 is 33.3 Å². The maximum atomic E-state index is 12.1. The number of hydroxylamine groups is 2. The second-order valence-corrected chi connectivity index (χ2v) is 6.79. The number of methoxy groups -OCH3 is 1. The molecule has 0 aromatic carbocycles. The smallest absolute Gasteiger partial charge is 0.724 e. The summed E-state index contributed by atoms with van der Waals surface area (Å²) in [6, 6.07) is -1.69. The minimum absolute atomic E-state index is 0. The van der Waals surface area contributed by atoms with Gasteiger partial charge in [-0.15, -0.1) is 0 Å². The van der Waals surface area contributed by atoms with Crippen LogP contribution in [0.3, 0.4) is 0 Å². The molecule has 1 aromatic heterocycles. The molecule has 0 spiro atoms. The average molecular weight is 387 g/mol. The van der Waals surface area contributed by atoms with Crippen molar-refractivity contribution >= 4 is 33.7 Å². The molecule has 1 aromatic rings. The number of nitrogens with zero attached hydrogens (tertiary/aromatic N) is 3. The van der Waals surface area contributed by atoms with Crippen molar-refractivity contribution < 1.29 is 61.1 Å². The van der Waals surface area contributed by atoms with E-state index in [1.807, 2.05) is 0 Å². The zero-order chi connectivity index (χ0) is 16.9. The second-order valence-electron chi connectivity index (χ2n) is 4.83. The SMILES string of the molecule is COC(=O)Cn1c2c(sc1=O)C1CN(C2)C(=O)N1OS(=O)(=O)[O-].[Na+]. The third kappa shape index (κ3) is 3.37. The van der Waals surface area contributed by atoms with Gasteiger partial charge in [0.1, 0.15) is 12.6 Å². The number of carbonyl (C=O) groups is 2. The number of hydrogen-bond donors (Lipinski definition) is 0. The molecule has 0 aliphatic carbocycles. The fourth-order valence-corrected chi connectivity index (χ4v) is 3.98. The van der Waals surface area contributed by atoms with Crippen molar-refractivity contribution in [1.82, 2.24) is 14.5 Å². The van der Waals surface area contributed by atoms with Crippen molar-refractivity contribution in [2.24, 2.45) is 0 Å². The first kappa shape index (κ1) is 19.4. The number of ether oxygens (including phenoxy) is 1. The number of amides is 2. The summed E-state index contributed by atoms with van der Waals surface area (Å²) in [5, 5.41) is 0.451. The van der Waals surface area contributed by atoms with Gasteiger partial charge in [0.2, 0.25) is 10.4 Å². The van der Waals surface area contributed by atoms with Crippen LogP contribution in [0.15, 0.2) is 4.79 Å². The van der Waals surface area contributed by atoms with Crippen LogP contribution >= 0.6 is 11.3 Å². The Morgan fingerprint density at radius 3 is 2.67 bits per heavy atom. The van der Waals surface area contributed by atoms with Crippen LogP contribution in [0, 0.1) is 0 Å². The Morgan fingerprint density at radius 1 is 1.42 bits per heavy atom. The van der Waals surface area contributed by atoms with Crippen molar-refractivity contribution in [3.8, 4) is 0 Å². The zero-order valence-electron chi connectivity index (χ0n) is 12.6. The topological polar surface area (TPSA) is 138 Å². The molecular weight excluding hydrogens is 377 g/mol. The van der Waals surface area contributed by atoms with Gasteiger partial charge >= 0.3 is 46.4 Å². The van der Waals surface area contributed by atoms with E-state index in [1.165, 1.54) is 12.0 Å². The minimum atomic E-state index is -5.13. The molecule has 24 heavy (non-hydrogen) atoms. The maximum absolute atomic E-state index is 12.1. The Balaban J connectivity index is 0.00000208. The molecule has 3 rings (SSSR count). The molecule has 1 atom stereocenters. The molecule has 0 N–H and O–H groups in total. The number of aromatic nitrogens is 1. The van der Waals surface area contributed by atoms with E-state index in [-0.39, 0.29) is 49.2 Å². The van der Waals surface area contributed by atoms with E-state index in [9.17, 15) is 27.4 Å². The van der Waals surface area contributed by atoms with Gasteiger partial charge in [-0.3, -0.25) is 14.2 Å². The molecule has 2 bridgehead atoms. The van der Waals surface area contributed by atoms with Crippen LogP contribution in [0.4, 0.5) is 4.79 Å². The summed E-state index contributed by atoms with van der Waals surface area (Å²) in [4.78, 5) is 36.6. The van der Waals surface area contributed by atoms with Crippen molar-refractivity contribution in [1.29, 1.82) is 0 Å². The third-order valence-electron chi connectivity index (χ3n) is 3.49. The maximum Gasteiger partial charge on any atom is 1.00 e. The molecule has 2 amide bonds. The average Bonchev–Trinajstić information content (AvgIpc) is 2.90. The molecule has 2 aliphatic rings. The molecule has 14 heteroatoms. The van der Waals surface area contributed by atoms with E-state index >= 15 is 0 Å². The van der Waals surface area contributed by atoms with Crippen LogP contribution in [-0.2, 0) is 37.3 Å². The van der Waals surface area contributed by atoms with Crippen LogP contribution < -0.4 is 34.4 Å². The van der Waals surface area contributed by atoms with Gasteiger partial charge in [-0.2, -0.15) is 9.35 Å². The number of esters is 1. The zero-order valence-corrected chi connectivity index (χ0v) is 16.3. The largest absolute Gasteiger partial charge is 1.00 e. The normalized spacial score (nSPS) is 19.1. The predicted molar refractivity (Wildman–Crippen MR) is 71.8 cm³/mol. The van der Waals surface area contributed by atoms with Gasteiger partial charge < -0.3 is 14.2 Å². The number of hydrogen-bond acceptors (Lipinski definition) is 9. The first-order valence-electron chi connectivity index (χ1n) is 6.24. The fourth-order valence-electron chi connectivity index (χ4n) is 2.55. The first-order valence-corrected chi connectivity index (χ1v) is 8.39. The van der Waals surface area contributed by atoms with E-state index in [4.69, 9.17) is 0 Å². The summed E-state index contributed by atoms with van der Waals surface area (Å²) >= 11 is 0.763. The molecule has 1 saturated heterocycles. The predicted octanol–water partition coefficient (Wildman–Crippen LogP) is -4.23. The van der Waals surface area contributed by atoms with Crippen LogP contribution in [0.25, 0.3) is 0 Å². The Labute approximate surface area is 161 Å². The van der Waals surface area contributed by atoms with Gasteiger partial charge in [-0.1, -0.05) is 11.3 Å². The number of thiazole rings is 1. The molecular formula is C10H10N3NaO8S2. The summed E-state index contributed by atoms with van der Waals surface area (Å²) in [5.41, 5.74) is 0.393. The Bertz CT molecular complexity index is 847. The molecule has 0 saturated carbocycles. The molecule has 1 fully saturated rings. The van der Waals surface area contributed by atoms with E-state index in [1.54, 1.807) is 0 Å². The van der Waals surface area contributed by atoms with E-state index in [2.05, 4.69) is 9.02 Å². The number of carbonyl (C=O) groups excluding carboxylic acids is 2. The summed E-state index contributed by atoms with van der Waals surface area (Å²) in [6.07, 6.45) is 0. The monoisotopic (exact) mass is 387 g/mol. The summed E-state index contributed by atoms with van der Waals surface area (Å²) in [7, 11) is -3.96. The number of urea groups is 1. The Morgan fingerprint density at radius 2 is 2.08 bits per heavy atom. The molecule has 3 heterocycles. The first-order chi connectivity index (χ1) is 10.7. The van der Waals surface area contributed by atoms with Crippen LogP contribution in [-0.4, -0.2) is 53.2 Å². The summed E-state index contributed by atoms with van der Waals surface area (Å²) in [5.74, 6) is -0.637. The number of fused-ring (bicyclic) bond motifs is 4. The van der Waals surface area contributed by atoms with Crippen molar-refractivity contribution in [3.63, 3.8) is 0 Å². The molecule has 0 radical (unpaired) electrons. The number of rotatable bonds is 4. The van der Waals surface area contributed by atoms with Crippen molar-refractivity contribution in [2.75, 3.05) is 13.7 Å². The molecule has 126 valence electrons. The van der Waals surface area contributed by atoms with E-state index in [0.29, 0.717) is 15.6 Å². The van der Waals surface area contributed by atoms with Crippen LogP contribution in [0.5, 0.6) is 0 Å². The van der Waals surface area contributed by atoms with Gasteiger partial charge in [-0.05, 0) is 0 Å². The second kappa shape index (κ2) is 6.74. The fraction of sp³-hybridized carbons (Fsp3) is 0.500. The van der Waals surface area contributed by atoms with Crippen molar-refractivity contribution in [3.05, 3.63) is 20.2 Å². The van der Waals surface area contributed by atoms with Crippen LogP contribution in [0.1, 0.15) is 16.6 Å².